The molecular weight excluding hydrogens is 482 g/mol. The van der Waals surface area contributed by atoms with Crippen molar-refractivity contribution in [3.05, 3.63) is 57.9 Å². The zero-order chi connectivity index (χ0) is 25.2. The van der Waals surface area contributed by atoms with Crippen LogP contribution in [0.1, 0.15) is 54.1 Å². The summed E-state index contributed by atoms with van der Waals surface area (Å²) in [6.07, 6.45) is -3.29. The van der Waals surface area contributed by atoms with Crippen molar-refractivity contribution in [2.75, 3.05) is 0 Å². The number of carboxylic acid groups (broad SMARTS) is 1. The molecule has 0 heterocycles. The second kappa shape index (κ2) is 10.1. The van der Waals surface area contributed by atoms with Crippen LogP contribution in [0.4, 0.5) is 17.6 Å². The molecule has 1 aliphatic rings. The molecule has 0 aromatic heterocycles. The van der Waals surface area contributed by atoms with Crippen LogP contribution in [0.2, 0.25) is 5.02 Å². The third-order valence-corrected chi connectivity index (χ3v) is 5.40. The van der Waals surface area contributed by atoms with Crippen molar-refractivity contribution in [3.8, 4) is 11.5 Å². The second-order valence-electron chi connectivity index (χ2n) is 8.30. The Bertz CT molecular complexity index is 1090. The van der Waals surface area contributed by atoms with Gasteiger partial charge in [-0.1, -0.05) is 25.4 Å². The van der Waals surface area contributed by atoms with Crippen LogP contribution in [0.5, 0.6) is 11.5 Å². The van der Waals surface area contributed by atoms with Gasteiger partial charge < -0.3 is 19.9 Å². The molecule has 2 N–H and O–H groups in total. The van der Waals surface area contributed by atoms with E-state index < -0.39 is 41.8 Å². The zero-order valence-corrected chi connectivity index (χ0v) is 19.0. The predicted molar refractivity (Wildman–Crippen MR) is 115 cm³/mol. The first-order valence-corrected chi connectivity index (χ1v) is 10.8. The fourth-order valence-electron chi connectivity index (χ4n) is 3.41. The number of amides is 1. The highest BCUT2D eigenvalue weighted by Crippen LogP contribution is 2.43. The Balaban J connectivity index is 1.82. The molecule has 0 aliphatic heterocycles. The normalized spacial score (nSPS) is 14.6. The SMILES string of the molecule is CC(C)C(NC(=O)c1cc(C2CC2)c(COc2cc(Cl)cc(OC(F)(F)F)c2)cc1F)C(=O)O. The molecule has 0 radical (unpaired) electrons. The number of benzene rings is 2. The molecule has 1 unspecified atom stereocenters. The quantitative estimate of drug-likeness (QED) is 0.430. The average molecular weight is 504 g/mol. The molecule has 1 amide bonds. The van der Waals surface area contributed by atoms with Crippen LogP contribution in [-0.4, -0.2) is 29.4 Å². The number of aliphatic carboxylic acids is 1. The van der Waals surface area contributed by atoms with E-state index in [1.165, 1.54) is 12.1 Å². The van der Waals surface area contributed by atoms with Gasteiger partial charge in [0, 0.05) is 11.1 Å². The number of alkyl halides is 3. The van der Waals surface area contributed by atoms with Gasteiger partial charge in [-0.2, -0.15) is 0 Å². The summed E-state index contributed by atoms with van der Waals surface area (Å²) in [5.41, 5.74) is 0.770. The van der Waals surface area contributed by atoms with Gasteiger partial charge >= 0.3 is 12.3 Å². The van der Waals surface area contributed by atoms with E-state index in [2.05, 4.69) is 10.1 Å². The molecule has 0 spiro atoms. The molecular formula is C23H22ClF4NO5. The maximum absolute atomic E-state index is 14.8. The summed E-state index contributed by atoms with van der Waals surface area (Å²) >= 11 is 5.85. The molecule has 1 saturated carbocycles. The molecule has 1 aliphatic carbocycles. The second-order valence-corrected chi connectivity index (χ2v) is 8.73. The highest BCUT2D eigenvalue weighted by molar-refractivity contribution is 6.30. The van der Waals surface area contributed by atoms with Crippen LogP contribution in [-0.2, 0) is 11.4 Å². The van der Waals surface area contributed by atoms with Crippen molar-refractivity contribution in [2.45, 2.75) is 51.6 Å². The summed E-state index contributed by atoms with van der Waals surface area (Å²) in [7, 11) is 0. The summed E-state index contributed by atoms with van der Waals surface area (Å²) in [4.78, 5) is 24.0. The van der Waals surface area contributed by atoms with Gasteiger partial charge in [0.2, 0.25) is 0 Å². The number of carboxylic acids is 1. The summed E-state index contributed by atoms with van der Waals surface area (Å²) in [5, 5.41) is 11.6. The number of rotatable bonds is 9. The van der Waals surface area contributed by atoms with Crippen molar-refractivity contribution in [3.63, 3.8) is 0 Å². The van der Waals surface area contributed by atoms with Crippen molar-refractivity contribution >= 4 is 23.5 Å². The van der Waals surface area contributed by atoms with Crippen molar-refractivity contribution in [1.82, 2.24) is 5.32 Å². The number of halogens is 5. The molecule has 2 aromatic rings. The third-order valence-electron chi connectivity index (χ3n) is 5.18. The molecule has 2 aromatic carbocycles. The Morgan fingerprint density at radius 3 is 2.35 bits per heavy atom. The molecule has 34 heavy (non-hydrogen) atoms. The molecule has 0 bridgehead atoms. The van der Waals surface area contributed by atoms with Gasteiger partial charge in [-0.15, -0.1) is 13.2 Å². The Hall–Kier alpha value is -3.01. The predicted octanol–water partition coefficient (Wildman–Crippen LogP) is 5.67. The highest BCUT2D eigenvalue weighted by Gasteiger charge is 2.32. The van der Waals surface area contributed by atoms with E-state index in [1.807, 2.05) is 0 Å². The Morgan fingerprint density at radius 2 is 1.79 bits per heavy atom. The maximum atomic E-state index is 14.8. The van der Waals surface area contributed by atoms with Gasteiger partial charge in [0.05, 0.1) is 5.56 Å². The van der Waals surface area contributed by atoms with Gasteiger partial charge in [-0.05, 0) is 60.1 Å². The number of ether oxygens (including phenoxy) is 2. The Morgan fingerprint density at radius 1 is 1.15 bits per heavy atom. The van der Waals surface area contributed by atoms with Crippen LogP contribution >= 0.6 is 11.6 Å². The van der Waals surface area contributed by atoms with E-state index in [0.29, 0.717) is 11.1 Å². The molecule has 1 atom stereocenters. The molecule has 3 rings (SSSR count). The van der Waals surface area contributed by atoms with Crippen molar-refractivity contribution in [2.24, 2.45) is 5.92 Å². The lowest BCUT2D eigenvalue weighted by Gasteiger charge is -2.19. The lowest BCUT2D eigenvalue weighted by atomic mass is 9.98. The van der Waals surface area contributed by atoms with E-state index in [-0.39, 0.29) is 28.9 Å². The lowest BCUT2D eigenvalue weighted by molar-refractivity contribution is -0.274. The molecule has 1 fully saturated rings. The van der Waals surface area contributed by atoms with Crippen LogP contribution in [0.15, 0.2) is 30.3 Å². The van der Waals surface area contributed by atoms with Crippen LogP contribution in [0.3, 0.4) is 0 Å². The number of hydrogen-bond donors (Lipinski definition) is 2. The fraction of sp³-hybridized carbons (Fsp3) is 0.391. The van der Waals surface area contributed by atoms with Crippen LogP contribution < -0.4 is 14.8 Å². The van der Waals surface area contributed by atoms with E-state index in [4.69, 9.17) is 16.3 Å². The molecule has 0 saturated heterocycles. The van der Waals surface area contributed by atoms with Gasteiger partial charge in [-0.25, -0.2) is 9.18 Å². The standard InChI is InChI=1S/C23H22ClF4NO5/c1-11(2)20(22(31)32)29-21(30)18-9-17(12-3-4-12)13(5-19(18)25)10-33-15-6-14(24)7-16(8-15)34-23(26,27)28/h5-9,11-12,20H,3-4,10H2,1-2H3,(H,29,30)(H,31,32). The highest BCUT2D eigenvalue weighted by atomic mass is 35.5. The van der Waals surface area contributed by atoms with E-state index in [9.17, 15) is 32.3 Å². The topological polar surface area (TPSA) is 84.9 Å². The summed E-state index contributed by atoms with van der Waals surface area (Å²) < 4.78 is 61.8. The Kier molecular flexibility index (Phi) is 7.60. The van der Waals surface area contributed by atoms with Gasteiger partial charge in [0.25, 0.3) is 5.91 Å². The van der Waals surface area contributed by atoms with E-state index in [0.717, 1.165) is 31.0 Å². The monoisotopic (exact) mass is 503 g/mol. The largest absolute Gasteiger partial charge is 0.573 e. The number of nitrogens with one attached hydrogen (secondary N) is 1. The lowest BCUT2D eigenvalue weighted by Crippen LogP contribution is -2.44. The summed E-state index contributed by atoms with van der Waals surface area (Å²) in [6.45, 7) is 3.04. The van der Waals surface area contributed by atoms with Crippen molar-refractivity contribution < 1.29 is 41.7 Å². The summed E-state index contributed by atoms with van der Waals surface area (Å²) in [5.74, 6) is -3.88. The first kappa shape index (κ1) is 25.6. The smallest absolute Gasteiger partial charge is 0.489 e. The minimum Gasteiger partial charge on any atom is -0.489 e. The minimum absolute atomic E-state index is 0.0167. The Labute approximate surface area is 197 Å². The number of carbonyl (C=O) groups is 2. The van der Waals surface area contributed by atoms with Crippen LogP contribution in [0, 0.1) is 11.7 Å². The fourth-order valence-corrected chi connectivity index (χ4v) is 3.63. The van der Waals surface area contributed by atoms with Crippen molar-refractivity contribution in [1.29, 1.82) is 0 Å². The first-order chi connectivity index (χ1) is 15.8. The van der Waals surface area contributed by atoms with E-state index >= 15 is 0 Å². The molecule has 11 heteroatoms. The van der Waals surface area contributed by atoms with E-state index in [1.54, 1.807) is 13.8 Å². The molecule has 6 nitrogen and oxygen atoms in total. The maximum Gasteiger partial charge on any atom is 0.573 e. The van der Waals surface area contributed by atoms with Gasteiger partial charge in [0.15, 0.2) is 0 Å². The average Bonchev–Trinajstić information content (AvgIpc) is 3.53. The minimum atomic E-state index is -4.91. The zero-order valence-electron chi connectivity index (χ0n) is 18.2. The van der Waals surface area contributed by atoms with Crippen LogP contribution in [0.25, 0.3) is 0 Å². The van der Waals surface area contributed by atoms with Gasteiger partial charge in [0.1, 0.15) is 30.0 Å². The number of carbonyl (C=O) groups excluding carboxylic acids is 1. The summed E-state index contributed by atoms with van der Waals surface area (Å²) in [6, 6.07) is 4.58. The number of hydrogen-bond acceptors (Lipinski definition) is 4. The van der Waals surface area contributed by atoms with Gasteiger partial charge in [-0.3, -0.25) is 4.79 Å². The molecule has 184 valence electrons. The third kappa shape index (κ3) is 6.75. The first-order valence-electron chi connectivity index (χ1n) is 10.4.